The van der Waals surface area contributed by atoms with Gasteiger partial charge in [0.2, 0.25) is 0 Å². The molecule has 0 unspecified atom stereocenters. The lowest BCUT2D eigenvalue weighted by Gasteiger charge is -2.20. The summed E-state index contributed by atoms with van der Waals surface area (Å²) in [6.07, 6.45) is 8.06. The van der Waals surface area contributed by atoms with Crippen molar-refractivity contribution in [1.82, 2.24) is 5.32 Å². The lowest BCUT2D eigenvalue weighted by Crippen LogP contribution is -2.30. The van der Waals surface area contributed by atoms with Crippen LogP contribution in [0.25, 0.3) is 0 Å². The van der Waals surface area contributed by atoms with Crippen molar-refractivity contribution in [2.24, 2.45) is 11.8 Å². The largest absolute Gasteiger partial charge is 0.314 e. The Balaban J connectivity index is 3.76. The van der Waals surface area contributed by atoms with E-state index in [1.807, 2.05) is 0 Å². The summed E-state index contributed by atoms with van der Waals surface area (Å²) in [7, 11) is 0. The molecule has 0 spiro atoms. The second-order valence-corrected chi connectivity index (χ2v) is 5.95. The highest BCUT2D eigenvalue weighted by Crippen LogP contribution is 2.14. The summed E-state index contributed by atoms with van der Waals surface area (Å²) in [5, 5.41) is 3.73. The van der Waals surface area contributed by atoms with Crippen molar-refractivity contribution >= 4 is 0 Å². The number of hydrogen-bond donors (Lipinski definition) is 1. The van der Waals surface area contributed by atoms with Gasteiger partial charge in [-0.1, -0.05) is 41.0 Å². The van der Waals surface area contributed by atoms with Crippen LogP contribution >= 0.6 is 0 Å². The SMILES string of the molecule is CCCCNC(CCC(C)C)CCC(C)C. The Morgan fingerprint density at radius 1 is 0.812 bits per heavy atom. The van der Waals surface area contributed by atoms with Gasteiger partial charge in [0.25, 0.3) is 0 Å². The maximum Gasteiger partial charge on any atom is 0.00672 e. The lowest BCUT2D eigenvalue weighted by atomic mass is 9.97. The molecule has 0 bridgehead atoms. The van der Waals surface area contributed by atoms with Crippen molar-refractivity contribution in [3.63, 3.8) is 0 Å². The maximum atomic E-state index is 3.73. The first-order valence-corrected chi connectivity index (χ1v) is 7.29. The fourth-order valence-electron chi connectivity index (χ4n) is 1.90. The molecule has 0 atom stereocenters. The van der Waals surface area contributed by atoms with Crippen molar-refractivity contribution in [3.05, 3.63) is 0 Å². The molecule has 98 valence electrons. The Labute approximate surface area is 103 Å². The molecule has 0 rings (SSSR count). The first-order chi connectivity index (χ1) is 7.56. The van der Waals surface area contributed by atoms with Crippen molar-refractivity contribution in [3.8, 4) is 0 Å². The molecule has 0 aliphatic rings. The lowest BCUT2D eigenvalue weighted by molar-refractivity contribution is 0.380. The van der Waals surface area contributed by atoms with Gasteiger partial charge in [-0.05, 0) is 50.5 Å². The zero-order chi connectivity index (χ0) is 12.4. The third kappa shape index (κ3) is 10.5. The quantitative estimate of drug-likeness (QED) is 0.537. The van der Waals surface area contributed by atoms with Gasteiger partial charge in [-0.25, -0.2) is 0 Å². The van der Waals surface area contributed by atoms with Crippen molar-refractivity contribution < 1.29 is 0 Å². The highest BCUT2D eigenvalue weighted by molar-refractivity contribution is 4.68. The summed E-state index contributed by atoms with van der Waals surface area (Å²) >= 11 is 0. The predicted octanol–water partition coefficient (Wildman–Crippen LogP) is 4.62. The minimum atomic E-state index is 0.761. The van der Waals surface area contributed by atoms with Crippen LogP contribution in [0.3, 0.4) is 0 Å². The van der Waals surface area contributed by atoms with Crippen molar-refractivity contribution in [1.29, 1.82) is 0 Å². The molecule has 1 N–H and O–H groups in total. The highest BCUT2D eigenvalue weighted by atomic mass is 14.9. The van der Waals surface area contributed by atoms with E-state index >= 15 is 0 Å². The van der Waals surface area contributed by atoms with E-state index in [0.717, 1.165) is 17.9 Å². The predicted molar refractivity (Wildman–Crippen MR) is 74.8 cm³/mol. The minimum absolute atomic E-state index is 0.761. The van der Waals surface area contributed by atoms with Crippen LogP contribution in [0.15, 0.2) is 0 Å². The Morgan fingerprint density at radius 3 is 1.69 bits per heavy atom. The van der Waals surface area contributed by atoms with Gasteiger partial charge in [-0.15, -0.1) is 0 Å². The average molecular weight is 227 g/mol. The fourth-order valence-corrected chi connectivity index (χ4v) is 1.90. The minimum Gasteiger partial charge on any atom is -0.314 e. The zero-order valence-corrected chi connectivity index (χ0v) is 12.2. The second-order valence-electron chi connectivity index (χ2n) is 5.95. The van der Waals surface area contributed by atoms with Crippen LogP contribution in [-0.2, 0) is 0 Å². The van der Waals surface area contributed by atoms with Crippen LogP contribution in [0.2, 0.25) is 0 Å². The van der Waals surface area contributed by atoms with Crippen LogP contribution in [0.1, 0.15) is 73.1 Å². The first-order valence-electron chi connectivity index (χ1n) is 7.29. The van der Waals surface area contributed by atoms with Gasteiger partial charge in [0.05, 0.1) is 0 Å². The molecular weight excluding hydrogens is 194 g/mol. The molecule has 0 aliphatic heterocycles. The summed E-state index contributed by atoms with van der Waals surface area (Å²) in [6, 6.07) is 0.761. The van der Waals surface area contributed by atoms with E-state index in [-0.39, 0.29) is 0 Å². The summed E-state index contributed by atoms with van der Waals surface area (Å²) in [4.78, 5) is 0. The Hall–Kier alpha value is -0.0400. The molecule has 0 saturated heterocycles. The van der Waals surface area contributed by atoms with E-state index in [9.17, 15) is 0 Å². The molecule has 0 aromatic rings. The van der Waals surface area contributed by atoms with Gasteiger partial charge < -0.3 is 5.32 Å². The smallest absolute Gasteiger partial charge is 0.00672 e. The molecule has 0 heterocycles. The topological polar surface area (TPSA) is 12.0 Å². The first kappa shape index (κ1) is 16.0. The Kier molecular flexibility index (Phi) is 10.1. The summed E-state index contributed by atoms with van der Waals surface area (Å²) in [5.74, 6) is 1.68. The summed E-state index contributed by atoms with van der Waals surface area (Å²) < 4.78 is 0. The van der Waals surface area contributed by atoms with Gasteiger partial charge in [0, 0.05) is 6.04 Å². The number of unbranched alkanes of at least 4 members (excludes halogenated alkanes) is 1. The normalized spacial score (nSPS) is 12.0. The van der Waals surface area contributed by atoms with Crippen LogP contribution in [0.5, 0.6) is 0 Å². The molecule has 0 radical (unpaired) electrons. The third-order valence-electron chi connectivity index (χ3n) is 3.15. The van der Waals surface area contributed by atoms with E-state index in [0.29, 0.717) is 0 Å². The van der Waals surface area contributed by atoms with Crippen LogP contribution < -0.4 is 5.32 Å². The maximum absolute atomic E-state index is 3.73. The van der Waals surface area contributed by atoms with Gasteiger partial charge in [0.1, 0.15) is 0 Å². The Bertz CT molecular complexity index is 128. The Morgan fingerprint density at radius 2 is 1.31 bits per heavy atom. The number of rotatable bonds is 10. The summed E-state index contributed by atoms with van der Waals surface area (Å²) in [6.45, 7) is 12.8. The molecule has 0 amide bonds. The van der Waals surface area contributed by atoms with Crippen LogP contribution in [0, 0.1) is 11.8 Å². The van der Waals surface area contributed by atoms with E-state index in [2.05, 4.69) is 39.9 Å². The molecule has 0 aliphatic carbocycles. The fraction of sp³-hybridized carbons (Fsp3) is 1.00. The van der Waals surface area contributed by atoms with Gasteiger partial charge in [0.15, 0.2) is 0 Å². The van der Waals surface area contributed by atoms with E-state index in [1.165, 1.54) is 45.1 Å². The monoisotopic (exact) mass is 227 g/mol. The molecule has 0 aromatic carbocycles. The molecular formula is C15H33N. The standard InChI is InChI=1S/C15H33N/c1-6-7-12-16-15(10-8-13(2)3)11-9-14(4)5/h13-16H,6-12H2,1-5H3. The van der Waals surface area contributed by atoms with Gasteiger partial charge >= 0.3 is 0 Å². The summed E-state index contributed by atoms with van der Waals surface area (Å²) in [5.41, 5.74) is 0. The van der Waals surface area contributed by atoms with E-state index < -0.39 is 0 Å². The molecule has 1 heteroatoms. The van der Waals surface area contributed by atoms with Gasteiger partial charge in [-0.2, -0.15) is 0 Å². The van der Waals surface area contributed by atoms with E-state index in [4.69, 9.17) is 0 Å². The molecule has 16 heavy (non-hydrogen) atoms. The highest BCUT2D eigenvalue weighted by Gasteiger charge is 2.09. The molecule has 0 fully saturated rings. The molecule has 0 saturated carbocycles. The molecule has 0 aromatic heterocycles. The molecule has 1 nitrogen and oxygen atoms in total. The van der Waals surface area contributed by atoms with Gasteiger partial charge in [-0.3, -0.25) is 0 Å². The van der Waals surface area contributed by atoms with E-state index in [1.54, 1.807) is 0 Å². The van der Waals surface area contributed by atoms with Crippen LogP contribution in [-0.4, -0.2) is 12.6 Å². The van der Waals surface area contributed by atoms with Crippen molar-refractivity contribution in [2.45, 2.75) is 79.2 Å². The number of hydrogen-bond acceptors (Lipinski definition) is 1. The zero-order valence-electron chi connectivity index (χ0n) is 12.2. The van der Waals surface area contributed by atoms with Crippen LogP contribution in [0.4, 0.5) is 0 Å². The number of nitrogens with one attached hydrogen (secondary N) is 1. The average Bonchev–Trinajstić information content (AvgIpc) is 2.21. The van der Waals surface area contributed by atoms with Crippen molar-refractivity contribution in [2.75, 3.05) is 6.54 Å². The second kappa shape index (κ2) is 10.1. The third-order valence-corrected chi connectivity index (χ3v) is 3.15.